The van der Waals surface area contributed by atoms with Crippen LogP contribution in [0.25, 0.3) is 0 Å². The van der Waals surface area contributed by atoms with Gasteiger partial charge in [0.25, 0.3) is 0 Å². The molecule has 1 aliphatic carbocycles. The van der Waals surface area contributed by atoms with Crippen LogP contribution in [0.2, 0.25) is 0 Å². The molecule has 1 saturated carbocycles. The molecule has 2 aliphatic rings. The summed E-state index contributed by atoms with van der Waals surface area (Å²) in [6, 6.07) is 0. The lowest BCUT2D eigenvalue weighted by atomic mass is 9.94. The van der Waals surface area contributed by atoms with Crippen molar-refractivity contribution < 1.29 is 0 Å². The van der Waals surface area contributed by atoms with Crippen molar-refractivity contribution in [3.05, 3.63) is 16.1 Å². The first-order chi connectivity index (χ1) is 7.67. The van der Waals surface area contributed by atoms with Crippen LogP contribution in [-0.2, 0) is 5.54 Å². The average molecular weight is 237 g/mol. The van der Waals surface area contributed by atoms with E-state index in [2.05, 4.69) is 17.3 Å². The summed E-state index contributed by atoms with van der Waals surface area (Å²) in [6.45, 7) is 2.40. The molecule has 0 spiro atoms. The van der Waals surface area contributed by atoms with Gasteiger partial charge in [0, 0.05) is 11.3 Å². The molecule has 1 saturated heterocycles. The predicted octanol–water partition coefficient (Wildman–Crippen LogP) is 1.90. The zero-order chi connectivity index (χ0) is 11.2. The summed E-state index contributed by atoms with van der Waals surface area (Å²) in [7, 11) is 2.20. The predicted molar refractivity (Wildman–Crippen MR) is 66.7 cm³/mol. The molecular weight excluding hydrogens is 218 g/mol. The molecule has 3 rings (SSSR count). The van der Waals surface area contributed by atoms with E-state index in [4.69, 9.17) is 10.7 Å². The van der Waals surface area contributed by atoms with Gasteiger partial charge in [0.15, 0.2) is 0 Å². The van der Waals surface area contributed by atoms with E-state index in [1.165, 1.54) is 36.6 Å². The summed E-state index contributed by atoms with van der Waals surface area (Å²) in [4.78, 5) is 7.17. The highest BCUT2D eigenvalue weighted by molar-refractivity contribution is 7.09. The molecule has 3 nitrogen and oxygen atoms in total. The highest BCUT2D eigenvalue weighted by atomic mass is 32.1. The van der Waals surface area contributed by atoms with Crippen LogP contribution in [0.1, 0.15) is 42.3 Å². The van der Waals surface area contributed by atoms with Crippen LogP contribution in [-0.4, -0.2) is 30.0 Å². The zero-order valence-electron chi connectivity index (χ0n) is 9.78. The van der Waals surface area contributed by atoms with Crippen LogP contribution in [0.5, 0.6) is 0 Å². The number of aromatic nitrogens is 1. The van der Waals surface area contributed by atoms with Gasteiger partial charge in [0.05, 0.1) is 11.2 Å². The SMILES string of the molecule is CN1CCC(c2csc(C3(N)CC3)n2)CC1. The maximum absolute atomic E-state index is 6.17. The number of nitrogens with two attached hydrogens (primary N) is 1. The number of nitrogens with zero attached hydrogens (tertiary/aromatic N) is 2. The normalized spacial score (nSPS) is 25.9. The molecule has 2 N–H and O–H groups in total. The average Bonchev–Trinajstić information content (AvgIpc) is 2.84. The zero-order valence-corrected chi connectivity index (χ0v) is 10.6. The smallest absolute Gasteiger partial charge is 0.113 e. The van der Waals surface area contributed by atoms with Crippen molar-refractivity contribution in [1.82, 2.24) is 9.88 Å². The van der Waals surface area contributed by atoms with E-state index in [0.717, 1.165) is 12.8 Å². The van der Waals surface area contributed by atoms with E-state index in [9.17, 15) is 0 Å². The fraction of sp³-hybridized carbons (Fsp3) is 0.750. The maximum Gasteiger partial charge on any atom is 0.113 e. The molecule has 0 amide bonds. The van der Waals surface area contributed by atoms with Crippen molar-refractivity contribution in [2.45, 2.75) is 37.1 Å². The Labute approximate surface area is 101 Å². The molecule has 0 aromatic carbocycles. The monoisotopic (exact) mass is 237 g/mol. The standard InChI is InChI=1S/C12H19N3S/c1-15-6-2-9(3-7-15)10-8-16-11(14-10)12(13)4-5-12/h8-9H,2-7,13H2,1H3. The lowest BCUT2D eigenvalue weighted by molar-refractivity contribution is 0.253. The summed E-state index contributed by atoms with van der Waals surface area (Å²) in [5.74, 6) is 0.670. The minimum atomic E-state index is -0.0472. The van der Waals surface area contributed by atoms with Crippen molar-refractivity contribution in [2.75, 3.05) is 20.1 Å². The van der Waals surface area contributed by atoms with Crippen molar-refractivity contribution in [3.8, 4) is 0 Å². The Bertz CT molecular complexity index is 375. The summed E-state index contributed by atoms with van der Waals surface area (Å²) in [5.41, 5.74) is 7.42. The number of hydrogen-bond acceptors (Lipinski definition) is 4. The third-order valence-corrected chi connectivity index (χ3v) is 4.95. The molecule has 2 heterocycles. The highest BCUT2D eigenvalue weighted by Gasteiger charge is 2.43. The van der Waals surface area contributed by atoms with Crippen molar-refractivity contribution in [1.29, 1.82) is 0 Å². The molecule has 0 atom stereocenters. The van der Waals surface area contributed by atoms with E-state index >= 15 is 0 Å². The molecule has 16 heavy (non-hydrogen) atoms. The van der Waals surface area contributed by atoms with Gasteiger partial charge in [0.2, 0.25) is 0 Å². The second kappa shape index (κ2) is 3.79. The topological polar surface area (TPSA) is 42.1 Å². The van der Waals surface area contributed by atoms with E-state index in [1.807, 2.05) is 0 Å². The number of thiazole rings is 1. The molecule has 0 bridgehead atoms. The Balaban J connectivity index is 1.72. The van der Waals surface area contributed by atoms with Crippen LogP contribution >= 0.6 is 11.3 Å². The third-order valence-electron chi connectivity index (χ3n) is 3.87. The van der Waals surface area contributed by atoms with Crippen LogP contribution < -0.4 is 5.73 Å². The van der Waals surface area contributed by atoms with E-state index in [0.29, 0.717) is 5.92 Å². The number of rotatable bonds is 2. The summed E-state index contributed by atoms with van der Waals surface area (Å²) in [5, 5.41) is 3.40. The van der Waals surface area contributed by atoms with E-state index in [1.54, 1.807) is 11.3 Å². The fourth-order valence-electron chi connectivity index (χ4n) is 2.36. The Morgan fingerprint density at radius 3 is 2.75 bits per heavy atom. The summed E-state index contributed by atoms with van der Waals surface area (Å²) >= 11 is 1.76. The van der Waals surface area contributed by atoms with Crippen molar-refractivity contribution >= 4 is 11.3 Å². The minimum absolute atomic E-state index is 0.0472. The van der Waals surface area contributed by atoms with Crippen LogP contribution in [0.15, 0.2) is 5.38 Å². The Kier molecular flexibility index (Phi) is 2.53. The summed E-state index contributed by atoms with van der Waals surface area (Å²) < 4.78 is 0. The van der Waals surface area contributed by atoms with Crippen molar-refractivity contribution in [3.63, 3.8) is 0 Å². The largest absolute Gasteiger partial charge is 0.319 e. The highest BCUT2D eigenvalue weighted by Crippen LogP contribution is 2.44. The summed E-state index contributed by atoms with van der Waals surface area (Å²) in [6.07, 6.45) is 4.73. The molecular formula is C12H19N3S. The van der Waals surface area contributed by atoms with Crippen LogP contribution in [0.3, 0.4) is 0 Å². The first kappa shape index (κ1) is 10.7. The third kappa shape index (κ3) is 1.90. The Morgan fingerprint density at radius 1 is 1.44 bits per heavy atom. The van der Waals surface area contributed by atoms with Crippen LogP contribution in [0, 0.1) is 0 Å². The van der Waals surface area contributed by atoms with Gasteiger partial charge in [0.1, 0.15) is 5.01 Å². The molecule has 4 heteroatoms. The molecule has 0 radical (unpaired) electrons. The van der Waals surface area contributed by atoms with Gasteiger partial charge in [-0.25, -0.2) is 4.98 Å². The minimum Gasteiger partial charge on any atom is -0.319 e. The lowest BCUT2D eigenvalue weighted by Crippen LogP contribution is -2.29. The molecule has 88 valence electrons. The lowest BCUT2D eigenvalue weighted by Gasteiger charge is -2.27. The molecule has 2 fully saturated rings. The Hall–Kier alpha value is -0.450. The van der Waals surface area contributed by atoms with E-state index < -0.39 is 0 Å². The van der Waals surface area contributed by atoms with Gasteiger partial charge >= 0.3 is 0 Å². The first-order valence-electron chi connectivity index (χ1n) is 6.11. The number of piperidine rings is 1. The second-order valence-corrected chi connectivity index (χ2v) is 6.17. The van der Waals surface area contributed by atoms with Crippen LogP contribution in [0.4, 0.5) is 0 Å². The van der Waals surface area contributed by atoms with Gasteiger partial charge in [-0.1, -0.05) is 0 Å². The van der Waals surface area contributed by atoms with Gasteiger partial charge in [-0.3, -0.25) is 0 Å². The van der Waals surface area contributed by atoms with Gasteiger partial charge in [-0.15, -0.1) is 11.3 Å². The van der Waals surface area contributed by atoms with Gasteiger partial charge < -0.3 is 10.6 Å². The first-order valence-corrected chi connectivity index (χ1v) is 6.99. The number of likely N-dealkylation sites (tertiary alicyclic amines) is 1. The van der Waals surface area contributed by atoms with Crippen molar-refractivity contribution in [2.24, 2.45) is 5.73 Å². The molecule has 1 aromatic heterocycles. The Morgan fingerprint density at radius 2 is 2.12 bits per heavy atom. The maximum atomic E-state index is 6.17. The molecule has 1 aromatic rings. The molecule has 0 unspecified atom stereocenters. The van der Waals surface area contributed by atoms with Gasteiger partial charge in [-0.05, 0) is 45.8 Å². The van der Waals surface area contributed by atoms with Gasteiger partial charge in [-0.2, -0.15) is 0 Å². The quantitative estimate of drug-likeness (QED) is 0.854. The number of hydrogen-bond donors (Lipinski definition) is 1. The fourth-order valence-corrected chi connectivity index (χ4v) is 3.43. The molecule has 1 aliphatic heterocycles. The van der Waals surface area contributed by atoms with E-state index in [-0.39, 0.29) is 5.54 Å². The second-order valence-electron chi connectivity index (χ2n) is 5.31.